The predicted molar refractivity (Wildman–Crippen MR) is 65.8 cm³/mol. The smallest absolute Gasteiger partial charge is 0.337 e. The van der Waals surface area contributed by atoms with Crippen LogP contribution in [0.2, 0.25) is 0 Å². The lowest BCUT2D eigenvalue weighted by molar-refractivity contribution is -0.116. The number of nitrogens with one attached hydrogen (secondary N) is 1. The Labute approximate surface area is 105 Å². The molecule has 18 heavy (non-hydrogen) atoms. The molecule has 5 heteroatoms. The van der Waals surface area contributed by atoms with Crippen molar-refractivity contribution in [2.75, 3.05) is 12.4 Å². The van der Waals surface area contributed by atoms with Crippen LogP contribution in [0.4, 0.5) is 5.69 Å². The first-order valence-corrected chi connectivity index (χ1v) is 5.44. The summed E-state index contributed by atoms with van der Waals surface area (Å²) in [5.74, 6) is -1.06. The largest absolute Gasteiger partial charge is 0.465 e. The van der Waals surface area contributed by atoms with Crippen molar-refractivity contribution in [3.8, 4) is 6.07 Å². The molecule has 0 fully saturated rings. The van der Waals surface area contributed by atoms with Gasteiger partial charge >= 0.3 is 5.97 Å². The molecule has 1 amide bonds. The molecule has 5 nitrogen and oxygen atoms in total. The third-order valence-electron chi connectivity index (χ3n) is 2.28. The lowest BCUT2D eigenvalue weighted by Gasteiger charge is -2.07. The molecule has 0 radical (unpaired) electrons. The van der Waals surface area contributed by atoms with Crippen LogP contribution in [0.1, 0.15) is 23.7 Å². The molecule has 1 N–H and O–H groups in total. The number of rotatable bonds is 4. The molecule has 0 bridgehead atoms. The average molecular weight is 246 g/mol. The fourth-order valence-corrected chi connectivity index (χ4v) is 1.38. The van der Waals surface area contributed by atoms with Gasteiger partial charge in [0.1, 0.15) is 0 Å². The molecule has 0 aliphatic rings. The number of nitrogens with zero attached hydrogens (tertiary/aromatic N) is 1. The first-order chi connectivity index (χ1) is 8.56. The third-order valence-corrected chi connectivity index (χ3v) is 2.28. The molecule has 0 aromatic heterocycles. The lowest BCUT2D eigenvalue weighted by Crippen LogP contribution is -2.14. The van der Waals surface area contributed by atoms with Crippen LogP contribution in [-0.4, -0.2) is 19.0 Å². The summed E-state index contributed by atoms with van der Waals surface area (Å²) in [6, 6.07) is 8.43. The second-order valence-corrected chi connectivity index (χ2v) is 3.85. The monoisotopic (exact) mass is 246 g/mol. The first-order valence-electron chi connectivity index (χ1n) is 5.44. The summed E-state index contributed by atoms with van der Waals surface area (Å²) in [5, 5.41) is 11.2. The SMILES string of the molecule is COC(=O)c1cccc(NC(=O)CC(C)C#N)c1. The van der Waals surface area contributed by atoms with E-state index in [1.165, 1.54) is 13.2 Å². The zero-order chi connectivity index (χ0) is 13.5. The normalized spacial score (nSPS) is 11.2. The van der Waals surface area contributed by atoms with Crippen LogP contribution in [0, 0.1) is 17.2 Å². The molecule has 0 saturated carbocycles. The predicted octanol–water partition coefficient (Wildman–Crippen LogP) is 1.96. The zero-order valence-corrected chi connectivity index (χ0v) is 10.3. The molecule has 0 aliphatic heterocycles. The summed E-state index contributed by atoms with van der Waals surface area (Å²) in [6.45, 7) is 1.67. The minimum Gasteiger partial charge on any atom is -0.465 e. The maximum atomic E-state index is 11.6. The van der Waals surface area contributed by atoms with Crippen molar-refractivity contribution in [2.24, 2.45) is 5.92 Å². The minimum atomic E-state index is -0.462. The van der Waals surface area contributed by atoms with Crippen LogP contribution in [0.3, 0.4) is 0 Å². The Balaban J connectivity index is 2.71. The molecule has 1 rings (SSSR count). The lowest BCUT2D eigenvalue weighted by atomic mass is 10.1. The third kappa shape index (κ3) is 3.91. The Bertz CT molecular complexity index is 491. The van der Waals surface area contributed by atoms with Gasteiger partial charge in [0.2, 0.25) is 5.91 Å². The average Bonchev–Trinajstić information content (AvgIpc) is 2.37. The van der Waals surface area contributed by atoms with Crippen molar-refractivity contribution >= 4 is 17.6 Å². The summed E-state index contributed by atoms with van der Waals surface area (Å²) >= 11 is 0. The number of hydrogen-bond donors (Lipinski definition) is 1. The molecule has 0 saturated heterocycles. The molecule has 1 unspecified atom stereocenters. The zero-order valence-electron chi connectivity index (χ0n) is 10.3. The number of carbonyl (C=O) groups excluding carboxylic acids is 2. The number of nitriles is 1. The highest BCUT2D eigenvalue weighted by atomic mass is 16.5. The highest BCUT2D eigenvalue weighted by Gasteiger charge is 2.10. The van der Waals surface area contributed by atoms with Gasteiger partial charge in [-0.15, -0.1) is 0 Å². The van der Waals surface area contributed by atoms with Crippen LogP contribution in [-0.2, 0) is 9.53 Å². The minimum absolute atomic E-state index is 0.124. The van der Waals surface area contributed by atoms with Gasteiger partial charge in [0.05, 0.1) is 24.7 Å². The fraction of sp³-hybridized carbons (Fsp3) is 0.308. The van der Waals surface area contributed by atoms with E-state index in [9.17, 15) is 9.59 Å². The second-order valence-electron chi connectivity index (χ2n) is 3.85. The Kier molecular flexibility index (Phi) is 4.88. The summed E-state index contributed by atoms with van der Waals surface area (Å²) < 4.78 is 4.58. The van der Waals surface area contributed by atoms with Crippen molar-refractivity contribution in [3.05, 3.63) is 29.8 Å². The number of methoxy groups -OCH3 is 1. The Morgan fingerprint density at radius 2 is 2.22 bits per heavy atom. The molecular weight excluding hydrogens is 232 g/mol. The van der Waals surface area contributed by atoms with Gasteiger partial charge in [-0.05, 0) is 25.1 Å². The summed E-state index contributed by atoms with van der Waals surface area (Å²) in [6.07, 6.45) is 0.124. The number of hydrogen-bond acceptors (Lipinski definition) is 4. The maximum absolute atomic E-state index is 11.6. The number of esters is 1. The van der Waals surface area contributed by atoms with Crippen molar-refractivity contribution in [3.63, 3.8) is 0 Å². The molecule has 1 aromatic rings. The van der Waals surface area contributed by atoms with Gasteiger partial charge in [0.25, 0.3) is 0 Å². The number of ether oxygens (including phenoxy) is 1. The maximum Gasteiger partial charge on any atom is 0.337 e. The molecule has 94 valence electrons. The van der Waals surface area contributed by atoms with Gasteiger partial charge in [-0.2, -0.15) is 5.26 Å². The molecule has 0 aliphatic carbocycles. The number of benzene rings is 1. The van der Waals surface area contributed by atoms with E-state index in [1.54, 1.807) is 25.1 Å². The van der Waals surface area contributed by atoms with Crippen molar-refractivity contribution in [1.82, 2.24) is 0 Å². The van der Waals surface area contributed by atoms with Crippen LogP contribution in [0.15, 0.2) is 24.3 Å². The first kappa shape index (κ1) is 13.7. The quantitative estimate of drug-likeness (QED) is 0.823. The molecule has 1 atom stereocenters. The number of carbonyl (C=O) groups is 2. The molecule has 0 heterocycles. The van der Waals surface area contributed by atoms with Crippen LogP contribution < -0.4 is 5.32 Å². The standard InChI is InChI=1S/C13H14N2O3/c1-9(8-14)6-12(16)15-11-5-3-4-10(7-11)13(17)18-2/h3-5,7,9H,6H2,1-2H3,(H,15,16). The van der Waals surface area contributed by atoms with Crippen LogP contribution in [0.5, 0.6) is 0 Å². The van der Waals surface area contributed by atoms with Gasteiger partial charge in [-0.1, -0.05) is 6.07 Å². The Hall–Kier alpha value is -2.35. The Morgan fingerprint density at radius 1 is 1.50 bits per heavy atom. The van der Waals surface area contributed by atoms with E-state index >= 15 is 0 Å². The second kappa shape index (κ2) is 6.40. The van der Waals surface area contributed by atoms with E-state index in [-0.39, 0.29) is 18.2 Å². The van der Waals surface area contributed by atoms with Gasteiger partial charge in [0.15, 0.2) is 0 Å². The van der Waals surface area contributed by atoms with Crippen molar-refractivity contribution < 1.29 is 14.3 Å². The number of anilines is 1. The topological polar surface area (TPSA) is 79.2 Å². The van der Waals surface area contributed by atoms with E-state index < -0.39 is 5.97 Å². The van der Waals surface area contributed by atoms with Gasteiger partial charge < -0.3 is 10.1 Å². The highest BCUT2D eigenvalue weighted by Crippen LogP contribution is 2.12. The van der Waals surface area contributed by atoms with E-state index in [2.05, 4.69) is 10.1 Å². The van der Waals surface area contributed by atoms with E-state index in [4.69, 9.17) is 5.26 Å². The van der Waals surface area contributed by atoms with Crippen molar-refractivity contribution in [2.45, 2.75) is 13.3 Å². The highest BCUT2D eigenvalue weighted by molar-refractivity contribution is 5.94. The molecule has 1 aromatic carbocycles. The molecular formula is C13H14N2O3. The van der Waals surface area contributed by atoms with Gasteiger partial charge in [-0.3, -0.25) is 4.79 Å². The summed E-state index contributed by atoms with van der Waals surface area (Å²) in [4.78, 5) is 22.9. The van der Waals surface area contributed by atoms with E-state index in [0.717, 1.165) is 0 Å². The van der Waals surface area contributed by atoms with Gasteiger partial charge in [0, 0.05) is 12.1 Å². The van der Waals surface area contributed by atoms with Crippen molar-refractivity contribution in [1.29, 1.82) is 5.26 Å². The Morgan fingerprint density at radius 3 is 2.83 bits per heavy atom. The fourth-order valence-electron chi connectivity index (χ4n) is 1.38. The molecule has 0 spiro atoms. The van der Waals surface area contributed by atoms with E-state index in [1.807, 2.05) is 6.07 Å². The van der Waals surface area contributed by atoms with Crippen LogP contribution in [0.25, 0.3) is 0 Å². The van der Waals surface area contributed by atoms with Gasteiger partial charge in [-0.25, -0.2) is 4.79 Å². The summed E-state index contributed by atoms with van der Waals surface area (Å²) in [5.41, 5.74) is 0.872. The van der Waals surface area contributed by atoms with Crippen LogP contribution >= 0.6 is 0 Å². The van der Waals surface area contributed by atoms with E-state index in [0.29, 0.717) is 11.3 Å². The summed E-state index contributed by atoms with van der Waals surface area (Å²) in [7, 11) is 1.29. The number of amides is 1.